The van der Waals surface area contributed by atoms with E-state index in [1.54, 1.807) is 19.1 Å². The number of nitrogens with zero attached hydrogens (tertiary/aromatic N) is 2. The van der Waals surface area contributed by atoms with E-state index in [1.807, 2.05) is 4.90 Å². The highest BCUT2D eigenvalue weighted by molar-refractivity contribution is 6.30. The van der Waals surface area contributed by atoms with E-state index in [2.05, 4.69) is 0 Å². The molecule has 1 aromatic carbocycles. The summed E-state index contributed by atoms with van der Waals surface area (Å²) in [5.41, 5.74) is 0.539. The zero-order valence-corrected chi connectivity index (χ0v) is 12.5. The number of likely N-dealkylation sites (tertiary alicyclic amines) is 1. The van der Waals surface area contributed by atoms with Crippen LogP contribution >= 0.6 is 11.6 Å². The molecule has 0 amide bonds. The normalized spacial score (nSPS) is 18.7. The molecular weight excluding hydrogens is 296 g/mol. The van der Waals surface area contributed by atoms with Crippen molar-refractivity contribution in [3.63, 3.8) is 0 Å². The summed E-state index contributed by atoms with van der Waals surface area (Å²) in [5, 5.41) is 11.4. The van der Waals surface area contributed by atoms with Crippen LogP contribution in [0.3, 0.4) is 0 Å². The molecule has 1 aromatic rings. The third-order valence-electron chi connectivity index (χ3n) is 3.54. The fourth-order valence-corrected chi connectivity index (χ4v) is 2.75. The average molecular weight is 313 g/mol. The van der Waals surface area contributed by atoms with Gasteiger partial charge in [-0.1, -0.05) is 11.6 Å². The zero-order chi connectivity index (χ0) is 15.4. The van der Waals surface area contributed by atoms with Crippen LogP contribution in [-0.4, -0.2) is 35.0 Å². The third-order valence-corrected chi connectivity index (χ3v) is 3.77. The number of nitro groups is 1. The van der Waals surface area contributed by atoms with Crippen molar-refractivity contribution in [1.29, 1.82) is 0 Å². The van der Waals surface area contributed by atoms with Gasteiger partial charge in [0.2, 0.25) is 0 Å². The second kappa shape index (κ2) is 6.87. The maximum atomic E-state index is 11.9. The topological polar surface area (TPSA) is 72.7 Å². The lowest BCUT2D eigenvalue weighted by Gasteiger charge is -2.22. The summed E-state index contributed by atoms with van der Waals surface area (Å²) in [5.74, 6) is -0.258. The molecule has 1 atom stereocenters. The summed E-state index contributed by atoms with van der Waals surface area (Å²) in [6.45, 7) is 3.17. The number of hydrogen-bond acceptors (Lipinski definition) is 5. The molecule has 1 saturated heterocycles. The zero-order valence-electron chi connectivity index (χ0n) is 11.8. The van der Waals surface area contributed by atoms with E-state index in [0.29, 0.717) is 23.7 Å². The van der Waals surface area contributed by atoms with E-state index in [9.17, 15) is 14.9 Å². The van der Waals surface area contributed by atoms with Crippen LogP contribution in [0.5, 0.6) is 0 Å². The molecule has 0 aliphatic carbocycles. The number of benzene rings is 1. The molecule has 21 heavy (non-hydrogen) atoms. The molecule has 0 spiro atoms. The van der Waals surface area contributed by atoms with Crippen molar-refractivity contribution < 1.29 is 14.5 Å². The summed E-state index contributed by atoms with van der Waals surface area (Å²) in [4.78, 5) is 24.5. The Morgan fingerprint density at radius 3 is 3.00 bits per heavy atom. The molecule has 0 aromatic heterocycles. The molecule has 0 radical (unpaired) electrons. The number of halogens is 1. The van der Waals surface area contributed by atoms with Gasteiger partial charge >= 0.3 is 5.97 Å². The first kappa shape index (κ1) is 15.7. The van der Waals surface area contributed by atoms with Crippen molar-refractivity contribution >= 4 is 23.3 Å². The van der Waals surface area contributed by atoms with E-state index in [4.69, 9.17) is 16.3 Å². The molecule has 7 heteroatoms. The quantitative estimate of drug-likeness (QED) is 0.475. The number of esters is 1. The van der Waals surface area contributed by atoms with Crippen LogP contribution in [0.1, 0.15) is 25.3 Å². The second-order valence-corrected chi connectivity index (χ2v) is 5.35. The first-order valence-electron chi connectivity index (χ1n) is 6.86. The van der Waals surface area contributed by atoms with Gasteiger partial charge in [-0.05, 0) is 38.4 Å². The number of carbonyl (C=O) groups excluding carboxylic acids is 1. The maximum absolute atomic E-state index is 11.9. The number of hydrogen-bond donors (Lipinski definition) is 0. The van der Waals surface area contributed by atoms with Crippen LogP contribution in [0, 0.1) is 10.1 Å². The Balaban J connectivity index is 2.17. The van der Waals surface area contributed by atoms with Crippen molar-refractivity contribution in [3.05, 3.63) is 38.9 Å². The van der Waals surface area contributed by atoms with Gasteiger partial charge in [-0.3, -0.25) is 19.8 Å². The van der Waals surface area contributed by atoms with E-state index >= 15 is 0 Å². The predicted molar refractivity (Wildman–Crippen MR) is 78.2 cm³/mol. The smallest absolute Gasteiger partial charge is 0.323 e. The molecular formula is C14H17ClN2O4. The predicted octanol–water partition coefficient (Wildman–Crippen LogP) is 2.78. The van der Waals surface area contributed by atoms with Crippen LogP contribution < -0.4 is 0 Å². The van der Waals surface area contributed by atoms with Gasteiger partial charge in [0, 0.05) is 23.2 Å². The first-order chi connectivity index (χ1) is 10.0. The van der Waals surface area contributed by atoms with Crippen molar-refractivity contribution in [2.75, 3.05) is 13.2 Å². The van der Waals surface area contributed by atoms with E-state index in [1.165, 1.54) is 6.07 Å². The van der Waals surface area contributed by atoms with Gasteiger partial charge in [0.05, 0.1) is 11.5 Å². The fourth-order valence-electron chi connectivity index (χ4n) is 2.58. The minimum Gasteiger partial charge on any atom is -0.465 e. The number of nitro benzene ring substituents is 1. The molecule has 1 fully saturated rings. The highest BCUT2D eigenvalue weighted by Gasteiger charge is 2.32. The van der Waals surface area contributed by atoms with Crippen molar-refractivity contribution in [2.45, 2.75) is 32.4 Å². The summed E-state index contributed by atoms with van der Waals surface area (Å²) >= 11 is 5.81. The first-order valence-corrected chi connectivity index (χ1v) is 7.24. The lowest BCUT2D eigenvalue weighted by Crippen LogP contribution is -2.36. The van der Waals surface area contributed by atoms with Crippen molar-refractivity contribution in [1.82, 2.24) is 4.90 Å². The maximum Gasteiger partial charge on any atom is 0.323 e. The summed E-state index contributed by atoms with van der Waals surface area (Å²) in [6.07, 6.45) is 1.60. The van der Waals surface area contributed by atoms with Gasteiger partial charge in [-0.25, -0.2) is 0 Å². The average Bonchev–Trinajstić information content (AvgIpc) is 2.89. The monoisotopic (exact) mass is 312 g/mol. The molecule has 1 heterocycles. The van der Waals surface area contributed by atoms with Gasteiger partial charge < -0.3 is 4.74 Å². The largest absolute Gasteiger partial charge is 0.465 e. The minimum absolute atomic E-state index is 0.0167. The van der Waals surface area contributed by atoms with Crippen LogP contribution in [0.4, 0.5) is 5.69 Å². The summed E-state index contributed by atoms with van der Waals surface area (Å²) in [7, 11) is 0. The Kier molecular flexibility index (Phi) is 5.14. The Morgan fingerprint density at radius 1 is 1.57 bits per heavy atom. The minimum atomic E-state index is -0.448. The lowest BCUT2D eigenvalue weighted by atomic mass is 10.1. The van der Waals surface area contributed by atoms with Gasteiger partial charge in [0.25, 0.3) is 5.69 Å². The van der Waals surface area contributed by atoms with Gasteiger partial charge in [0.1, 0.15) is 6.04 Å². The Labute approximate surface area is 127 Å². The molecule has 0 bridgehead atoms. The Hall–Kier alpha value is -1.66. The van der Waals surface area contributed by atoms with Crippen LogP contribution in [0.25, 0.3) is 0 Å². The van der Waals surface area contributed by atoms with Gasteiger partial charge in [0.15, 0.2) is 0 Å². The molecule has 6 nitrogen and oxygen atoms in total. The standard InChI is InChI=1S/C14H17ClN2O4/c1-2-21-14(18)12-4-3-7-16(12)9-10-5-6-11(15)8-13(10)17(19)20/h5-6,8,12H,2-4,7,9H2,1H3. The van der Waals surface area contributed by atoms with Gasteiger partial charge in [-0.15, -0.1) is 0 Å². The lowest BCUT2D eigenvalue weighted by molar-refractivity contribution is -0.385. The SMILES string of the molecule is CCOC(=O)C1CCCN1Cc1ccc(Cl)cc1[N+](=O)[O-]. The molecule has 0 N–H and O–H groups in total. The van der Waals surface area contributed by atoms with Crippen LogP contribution in [0.2, 0.25) is 5.02 Å². The molecule has 114 valence electrons. The van der Waals surface area contributed by atoms with Crippen LogP contribution in [0.15, 0.2) is 18.2 Å². The molecule has 0 saturated carbocycles. The van der Waals surface area contributed by atoms with E-state index in [0.717, 1.165) is 19.4 Å². The summed E-state index contributed by atoms with van der Waals surface area (Å²) < 4.78 is 5.05. The van der Waals surface area contributed by atoms with Crippen molar-refractivity contribution in [3.8, 4) is 0 Å². The second-order valence-electron chi connectivity index (χ2n) is 4.91. The highest BCUT2D eigenvalue weighted by Crippen LogP contribution is 2.28. The number of ether oxygens (including phenoxy) is 1. The molecule has 1 aliphatic rings. The highest BCUT2D eigenvalue weighted by atomic mass is 35.5. The number of carbonyl (C=O) groups is 1. The van der Waals surface area contributed by atoms with Crippen LogP contribution in [-0.2, 0) is 16.1 Å². The Morgan fingerprint density at radius 2 is 2.33 bits per heavy atom. The van der Waals surface area contributed by atoms with Crippen molar-refractivity contribution in [2.24, 2.45) is 0 Å². The molecule has 1 aliphatic heterocycles. The summed E-state index contributed by atoms with van der Waals surface area (Å²) in [6, 6.07) is 4.28. The van der Waals surface area contributed by atoms with Gasteiger partial charge in [-0.2, -0.15) is 0 Å². The third kappa shape index (κ3) is 3.71. The number of rotatable bonds is 5. The van der Waals surface area contributed by atoms with E-state index in [-0.39, 0.29) is 17.7 Å². The molecule has 1 unspecified atom stereocenters. The van der Waals surface area contributed by atoms with E-state index < -0.39 is 4.92 Å². The fraction of sp³-hybridized carbons (Fsp3) is 0.500. The Bertz CT molecular complexity index is 550. The molecule has 2 rings (SSSR count).